The molecule has 0 atom stereocenters. The van der Waals surface area contributed by atoms with E-state index in [1.54, 1.807) is 0 Å². The summed E-state index contributed by atoms with van der Waals surface area (Å²) >= 11 is 0. The molecule has 0 aromatic heterocycles. The predicted molar refractivity (Wildman–Crippen MR) is 88.8 cm³/mol. The number of carbonyl (C=O) groups excluding carboxylic acids is 1. The van der Waals surface area contributed by atoms with E-state index in [9.17, 15) is 4.79 Å². The fourth-order valence-corrected chi connectivity index (χ4v) is 3.12. The van der Waals surface area contributed by atoms with Crippen LogP contribution in [0.3, 0.4) is 0 Å². The number of anilines is 1. The molecule has 116 valence electrons. The summed E-state index contributed by atoms with van der Waals surface area (Å²) in [5.74, 6) is 0.181. The lowest BCUT2D eigenvalue weighted by Crippen LogP contribution is -2.31. The number of hydrogen-bond donors (Lipinski definition) is 1. The first-order valence-electron chi connectivity index (χ1n) is 8.27. The molecule has 0 unspecified atom stereocenters. The number of amides is 1. The van der Waals surface area contributed by atoms with Crippen LogP contribution >= 0.6 is 0 Å². The van der Waals surface area contributed by atoms with Gasteiger partial charge in [0.05, 0.1) is 0 Å². The maximum Gasteiger partial charge on any atom is 0.253 e. The maximum absolute atomic E-state index is 12.6. The monoisotopic (exact) mass is 288 g/mol. The van der Waals surface area contributed by atoms with Gasteiger partial charge in [-0.05, 0) is 55.4 Å². The number of hydrogen-bond acceptors (Lipinski definition) is 2. The van der Waals surface area contributed by atoms with Gasteiger partial charge in [-0.2, -0.15) is 0 Å². The van der Waals surface area contributed by atoms with Gasteiger partial charge in [0.2, 0.25) is 0 Å². The van der Waals surface area contributed by atoms with Gasteiger partial charge in [0.15, 0.2) is 0 Å². The molecule has 21 heavy (non-hydrogen) atoms. The fourth-order valence-electron chi connectivity index (χ4n) is 3.12. The van der Waals surface area contributed by atoms with Gasteiger partial charge < -0.3 is 10.2 Å². The average molecular weight is 288 g/mol. The summed E-state index contributed by atoms with van der Waals surface area (Å²) < 4.78 is 0. The number of rotatable bonds is 6. The maximum atomic E-state index is 12.6. The zero-order chi connectivity index (χ0) is 15.3. The summed E-state index contributed by atoms with van der Waals surface area (Å²) in [5, 5.41) is 3.34. The molecule has 0 spiro atoms. The first kappa shape index (κ1) is 15.9. The second-order valence-electron chi connectivity index (χ2n) is 6.19. The van der Waals surface area contributed by atoms with Gasteiger partial charge >= 0.3 is 0 Å². The standard InChI is InChI=1S/C18H28N2O/c1-4-12-19-16-9-7-15(8-10-16)17(21)20-13-11-18(5-2,6-3)14-20/h7-10,19H,4-6,11-14H2,1-3H3. The Balaban J connectivity index is 2.00. The Labute approximate surface area is 128 Å². The number of carbonyl (C=O) groups is 1. The van der Waals surface area contributed by atoms with Crippen molar-refractivity contribution >= 4 is 11.6 Å². The molecule has 1 N–H and O–H groups in total. The zero-order valence-corrected chi connectivity index (χ0v) is 13.6. The van der Waals surface area contributed by atoms with E-state index in [2.05, 4.69) is 26.1 Å². The topological polar surface area (TPSA) is 32.3 Å². The van der Waals surface area contributed by atoms with E-state index in [0.29, 0.717) is 5.41 Å². The van der Waals surface area contributed by atoms with Crippen LogP contribution in [0.1, 0.15) is 56.8 Å². The molecular formula is C18H28N2O. The Kier molecular flexibility index (Phi) is 5.27. The summed E-state index contributed by atoms with van der Waals surface area (Å²) in [7, 11) is 0. The molecule has 3 nitrogen and oxygen atoms in total. The number of benzene rings is 1. The van der Waals surface area contributed by atoms with Crippen LogP contribution in [0.2, 0.25) is 0 Å². The second-order valence-corrected chi connectivity index (χ2v) is 6.19. The minimum atomic E-state index is 0.181. The average Bonchev–Trinajstić information content (AvgIpc) is 2.98. The molecule has 0 radical (unpaired) electrons. The van der Waals surface area contributed by atoms with Crippen molar-refractivity contribution in [2.75, 3.05) is 25.0 Å². The molecule has 1 saturated heterocycles. The van der Waals surface area contributed by atoms with E-state index in [-0.39, 0.29) is 5.91 Å². The number of likely N-dealkylation sites (tertiary alicyclic amines) is 1. The smallest absolute Gasteiger partial charge is 0.253 e. The molecule has 0 bridgehead atoms. The summed E-state index contributed by atoms with van der Waals surface area (Å²) in [6.07, 6.45) is 4.56. The quantitative estimate of drug-likeness (QED) is 0.852. The predicted octanol–water partition coefficient (Wildman–Crippen LogP) is 4.16. The van der Waals surface area contributed by atoms with Crippen LogP contribution in [-0.2, 0) is 0 Å². The molecule has 1 fully saturated rings. The van der Waals surface area contributed by atoms with Gasteiger partial charge in [-0.1, -0.05) is 20.8 Å². The highest BCUT2D eigenvalue weighted by Gasteiger charge is 2.37. The minimum Gasteiger partial charge on any atom is -0.385 e. The second kappa shape index (κ2) is 6.97. The summed E-state index contributed by atoms with van der Waals surface area (Å²) in [6.45, 7) is 9.41. The Morgan fingerprint density at radius 3 is 2.38 bits per heavy atom. The van der Waals surface area contributed by atoms with Crippen molar-refractivity contribution in [3.8, 4) is 0 Å². The van der Waals surface area contributed by atoms with Crippen molar-refractivity contribution in [2.45, 2.75) is 46.5 Å². The van der Waals surface area contributed by atoms with E-state index in [4.69, 9.17) is 0 Å². The van der Waals surface area contributed by atoms with E-state index in [0.717, 1.165) is 56.6 Å². The molecule has 3 heteroatoms. The highest BCUT2D eigenvalue weighted by atomic mass is 16.2. The number of nitrogens with zero attached hydrogens (tertiary/aromatic N) is 1. The molecule has 1 aliphatic heterocycles. The third kappa shape index (κ3) is 3.58. The Morgan fingerprint density at radius 2 is 1.86 bits per heavy atom. The molecule has 1 aliphatic rings. The molecule has 2 rings (SSSR count). The molecule has 1 amide bonds. The van der Waals surface area contributed by atoms with Crippen molar-refractivity contribution in [2.24, 2.45) is 5.41 Å². The first-order valence-corrected chi connectivity index (χ1v) is 8.27. The van der Waals surface area contributed by atoms with Crippen molar-refractivity contribution in [3.63, 3.8) is 0 Å². The normalized spacial score (nSPS) is 17.0. The van der Waals surface area contributed by atoms with Crippen LogP contribution in [0.5, 0.6) is 0 Å². The summed E-state index contributed by atoms with van der Waals surface area (Å²) in [6, 6.07) is 7.90. The van der Waals surface area contributed by atoms with Crippen molar-refractivity contribution < 1.29 is 4.79 Å². The highest BCUT2D eigenvalue weighted by Crippen LogP contribution is 2.37. The SMILES string of the molecule is CCCNc1ccc(C(=O)N2CCC(CC)(CC)C2)cc1. The minimum absolute atomic E-state index is 0.181. The van der Waals surface area contributed by atoms with Crippen LogP contribution in [0.25, 0.3) is 0 Å². The lowest BCUT2D eigenvalue weighted by atomic mass is 9.82. The Morgan fingerprint density at radius 1 is 1.19 bits per heavy atom. The molecule has 1 heterocycles. The molecular weight excluding hydrogens is 260 g/mol. The van der Waals surface area contributed by atoms with Gasteiger partial charge in [0, 0.05) is 30.9 Å². The van der Waals surface area contributed by atoms with Gasteiger partial charge in [0.25, 0.3) is 5.91 Å². The fraction of sp³-hybridized carbons (Fsp3) is 0.611. The number of nitrogens with one attached hydrogen (secondary N) is 1. The third-order valence-electron chi connectivity index (χ3n) is 4.94. The van der Waals surface area contributed by atoms with Crippen molar-refractivity contribution in [3.05, 3.63) is 29.8 Å². The van der Waals surface area contributed by atoms with Gasteiger partial charge in [-0.25, -0.2) is 0 Å². The van der Waals surface area contributed by atoms with Gasteiger partial charge in [0.1, 0.15) is 0 Å². The highest BCUT2D eigenvalue weighted by molar-refractivity contribution is 5.94. The summed E-state index contributed by atoms with van der Waals surface area (Å²) in [5.41, 5.74) is 2.24. The molecule has 1 aromatic carbocycles. The van der Waals surface area contributed by atoms with E-state index in [1.165, 1.54) is 0 Å². The van der Waals surface area contributed by atoms with Crippen LogP contribution in [0, 0.1) is 5.41 Å². The van der Waals surface area contributed by atoms with Crippen LogP contribution in [0.15, 0.2) is 24.3 Å². The first-order chi connectivity index (χ1) is 10.1. The van der Waals surface area contributed by atoms with Gasteiger partial charge in [-0.15, -0.1) is 0 Å². The zero-order valence-electron chi connectivity index (χ0n) is 13.6. The van der Waals surface area contributed by atoms with E-state index in [1.807, 2.05) is 29.2 Å². The molecule has 0 saturated carbocycles. The third-order valence-corrected chi connectivity index (χ3v) is 4.94. The Bertz CT molecular complexity index is 463. The van der Waals surface area contributed by atoms with Gasteiger partial charge in [-0.3, -0.25) is 4.79 Å². The molecule has 0 aliphatic carbocycles. The lowest BCUT2D eigenvalue weighted by molar-refractivity contribution is 0.0770. The van der Waals surface area contributed by atoms with E-state index < -0.39 is 0 Å². The molecule has 1 aromatic rings. The largest absolute Gasteiger partial charge is 0.385 e. The lowest BCUT2D eigenvalue weighted by Gasteiger charge is -2.26. The van der Waals surface area contributed by atoms with Crippen LogP contribution < -0.4 is 5.32 Å². The van der Waals surface area contributed by atoms with Crippen LogP contribution in [-0.4, -0.2) is 30.4 Å². The van der Waals surface area contributed by atoms with Crippen LogP contribution in [0.4, 0.5) is 5.69 Å². The van der Waals surface area contributed by atoms with Crippen molar-refractivity contribution in [1.29, 1.82) is 0 Å². The van der Waals surface area contributed by atoms with Crippen molar-refractivity contribution in [1.82, 2.24) is 4.90 Å². The van der Waals surface area contributed by atoms with E-state index >= 15 is 0 Å². The Hall–Kier alpha value is -1.51. The summed E-state index contributed by atoms with van der Waals surface area (Å²) in [4.78, 5) is 14.6.